The zero-order valence-corrected chi connectivity index (χ0v) is 52.3. The highest BCUT2D eigenvalue weighted by Gasteiger charge is 2.68. The quantitative estimate of drug-likeness (QED) is 0.0186. The van der Waals surface area contributed by atoms with Crippen LogP contribution in [0.25, 0.3) is 10.4 Å². The third kappa shape index (κ3) is 24.6. The molecule has 31 nitrogen and oxygen atoms in total. The van der Waals surface area contributed by atoms with Crippen molar-refractivity contribution >= 4 is 29.5 Å². The van der Waals surface area contributed by atoms with Gasteiger partial charge in [0, 0.05) is 50.9 Å². The van der Waals surface area contributed by atoms with Gasteiger partial charge in [-0.2, -0.15) is 26.3 Å². The molecule has 528 valence electrons. The van der Waals surface area contributed by atoms with Gasteiger partial charge in [-0.25, -0.2) is 0 Å². The molecule has 5 amide bonds. The number of rotatable bonds is 46. The first-order valence-corrected chi connectivity index (χ1v) is 30.4. The number of nitrogens with one attached hydrogen (secondary N) is 5. The van der Waals surface area contributed by atoms with E-state index in [2.05, 4.69) is 26.0 Å². The Morgan fingerprint density at radius 1 is 0.543 bits per heavy atom. The molecular weight excluding hydrogens is 1250 g/mol. The van der Waals surface area contributed by atoms with Gasteiger partial charge in [-0.15, -0.1) is 0 Å². The summed E-state index contributed by atoms with van der Waals surface area (Å²) in [6, 6.07) is -3.22. The standard InChI is InChI=1S/C55H88F6N8O23/c1-50(2)87-42-40(67-48(73)54(56,57)58)46-85-33-52(91-46,44(42)89-50)31-82-26-25-78-24-23-77-22-21-76-17-13-63-37(70)10-15-79-27-35(66-39(72)9-7-6-8-12-65-69-62)28-80-16-11-38(71)64-14-18-84-36(29-81-20-19-75-5)30-83-32-53-34-86-47(92-53)41(68-49(74)55(59,60)61)43-45(53)90-51(3,4)88-43/h35-36,40-47H,6-34H2,1-5H3,(H,63,70)(H,64,71)(H,66,72)(H,67,73)(H,68,74)/t35?,36?,40-,41-,42-,43-,44-,45-,46+,47+,52+,53+/m1/s1. The number of nitrogens with zero attached hydrogens (tertiary/aromatic N) is 3. The highest BCUT2D eigenvalue weighted by molar-refractivity contribution is 5.82. The van der Waals surface area contributed by atoms with Crippen molar-refractivity contribution in [2.45, 2.75) is 163 Å². The Kier molecular flexibility index (Phi) is 30.9. The van der Waals surface area contributed by atoms with E-state index < -0.39 is 108 Å². The smallest absolute Gasteiger partial charge is 0.382 e. The molecule has 4 bridgehead atoms. The number of amides is 5. The summed E-state index contributed by atoms with van der Waals surface area (Å²) in [5.41, 5.74) is 6.02. The molecule has 5 N–H and O–H groups in total. The van der Waals surface area contributed by atoms with Gasteiger partial charge in [-0.05, 0) is 46.1 Å². The summed E-state index contributed by atoms with van der Waals surface area (Å²) in [6.07, 6.45) is -15.3. The second-order valence-corrected chi connectivity index (χ2v) is 23.1. The number of alkyl halides is 6. The van der Waals surface area contributed by atoms with Crippen LogP contribution in [-0.4, -0.2) is 285 Å². The Hall–Kier alpha value is -4.48. The molecule has 0 radical (unpaired) electrons. The number of unbranched alkanes of at least 4 members (excludes halogenated alkanes) is 2. The van der Waals surface area contributed by atoms with Gasteiger partial charge in [0.1, 0.15) is 53.8 Å². The lowest BCUT2D eigenvalue weighted by Crippen LogP contribution is -2.66. The van der Waals surface area contributed by atoms with Crippen LogP contribution in [0.1, 0.15) is 66.2 Å². The Labute approximate surface area is 527 Å². The average Bonchev–Trinajstić information content (AvgIpc) is 1.60. The van der Waals surface area contributed by atoms with E-state index in [1.165, 1.54) is 7.11 Å². The van der Waals surface area contributed by atoms with Crippen molar-refractivity contribution in [2.24, 2.45) is 5.11 Å². The lowest BCUT2D eigenvalue weighted by Gasteiger charge is -2.42. The van der Waals surface area contributed by atoms with Crippen molar-refractivity contribution < 1.29 is 136 Å². The molecule has 0 aromatic carbocycles. The third-order valence-electron chi connectivity index (χ3n) is 14.8. The largest absolute Gasteiger partial charge is 0.471 e. The Balaban J connectivity index is 0.800. The Morgan fingerprint density at radius 3 is 1.52 bits per heavy atom. The van der Waals surface area contributed by atoms with E-state index in [1.807, 2.05) is 10.6 Å². The van der Waals surface area contributed by atoms with Crippen LogP contribution in [-0.2, 0) is 109 Å². The van der Waals surface area contributed by atoms with Crippen LogP contribution in [0.4, 0.5) is 26.3 Å². The van der Waals surface area contributed by atoms with E-state index in [-0.39, 0.29) is 176 Å². The van der Waals surface area contributed by atoms with Crippen molar-refractivity contribution in [3.8, 4) is 0 Å². The number of hydrogen-bond donors (Lipinski definition) is 5. The van der Waals surface area contributed by atoms with Crippen molar-refractivity contribution in [3.63, 3.8) is 0 Å². The normalized spacial score (nSPS) is 27.3. The van der Waals surface area contributed by atoms with Crippen LogP contribution in [0.5, 0.6) is 0 Å². The van der Waals surface area contributed by atoms with Crippen LogP contribution in [0, 0.1) is 0 Å². The van der Waals surface area contributed by atoms with Crippen LogP contribution < -0.4 is 26.6 Å². The minimum Gasteiger partial charge on any atom is -0.382 e. The molecule has 6 heterocycles. The molecular formula is C55H88F6N8O23. The number of halogens is 6. The summed E-state index contributed by atoms with van der Waals surface area (Å²) >= 11 is 0. The van der Waals surface area contributed by atoms with E-state index in [9.17, 15) is 50.3 Å². The minimum atomic E-state index is -5.16. The van der Waals surface area contributed by atoms with Gasteiger partial charge in [0.15, 0.2) is 24.2 Å². The monoisotopic (exact) mass is 1340 g/mol. The Morgan fingerprint density at radius 2 is 1.01 bits per heavy atom. The SMILES string of the molecule is COCCOCC(COC[C@@]12CO[C@@H](O1)[C@H](NC(=O)C(F)(F)F)[C@H]1OC(C)(C)O[C@H]12)OCCNC(=O)CCOCC(COCCC(=O)NCCOCCOCCOCCOC[C@@]12CO[C@@H](O1)[C@H](NC(=O)C(F)(F)F)[C@H]1OC(C)(C)O[C@H]12)NC(=O)CCCCCN=[N+]=[N-]. The molecule has 0 saturated carbocycles. The fourth-order valence-electron chi connectivity index (χ4n) is 10.5. The van der Waals surface area contributed by atoms with Gasteiger partial charge >= 0.3 is 24.2 Å². The maximum absolute atomic E-state index is 13.2. The minimum absolute atomic E-state index is 0.0000914. The fourth-order valence-corrected chi connectivity index (χ4v) is 10.5. The van der Waals surface area contributed by atoms with Crippen LogP contribution in [0.3, 0.4) is 0 Å². The fraction of sp³-hybridized carbons (Fsp3) is 0.909. The summed E-state index contributed by atoms with van der Waals surface area (Å²) < 4.78 is 183. The highest BCUT2D eigenvalue weighted by Crippen LogP contribution is 2.48. The number of hydrogen-bond acceptors (Lipinski definition) is 24. The second-order valence-electron chi connectivity index (χ2n) is 23.1. The second kappa shape index (κ2) is 37.1. The molecule has 12 atom stereocenters. The zero-order chi connectivity index (χ0) is 66.8. The van der Waals surface area contributed by atoms with Gasteiger partial charge in [0.2, 0.25) is 17.7 Å². The molecule has 0 aromatic heterocycles. The molecule has 0 aromatic rings. The summed E-state index contributed by atoms with van der Waals surface area (Å²) in [5.74, 6) is -7.64. The molecule has 6 aliphatic heterocycles. The Bertz CT molecular complexity index is 2350. The topological polar surface area (TPSA) is 360 Å². The van der Waals surface area contributed by atoms with Gasteiger partial charge < -0.3 is 112 Å². The first-order chi connectivity index (χ1) is 43.8. The number of ether oxygens (including phenoxy) is 18. The third-order valence-corrected chi connectivity index (χ3v) is 14.8. The molecule has 92 heavy (non-hydrogen) atoms. The molecule has 0 spiro atoms. The zero-order valence-electron chi connectivity index (χ0n) is 52.3. The molecule has 6 aliphatic rings. The molecule has 2 unspecified atom stereocenters. The van der Waals surface area contributed by atoms with Gasteiger partial charge in [0.05, 0.1) is 138 Å². The average molecular weight is 1340 g/mol. The molecule has 6 fully saturated rings. The molecule has 6 rings (SSSR count). The van der Waals surface area contributed by atoms with E-state index in [4.69, 9.17) is 90.8 Å². The van der Waals surface area contributed by atoms with E-state index >= 15 is 0 Å². The predicted octanol–water partition coefficient (Wildman–Crippen LogP) is 0.904. The van der Waals surface area contributed by atoms with Crippen LogP contribution >= 0.6 is 0 Å². The van der Waals surface area contributed by atoms with Gasteiger partial charge in [-0.1, -0.05) is 11.5 Å². The highest BCUT2D eigenvalue weighted by atomic mass is 19.4. The lowest BCUT2D eigenvalue weighted by atomic mass is 9.88. The summed E-state index contributed by atoms with van der Waals surface area (Å²) in [5, 5.41) is 15.7. The maximum atomic E-state index is 13.2. The predicted molar refractivity (Wildman–Crippen MR) is 299 cm³/mol. The summed E-state index contributed by atoms with van der Waals surface area (Å²) in [4.78, 5) is 64.6. The number of carbonyl (C=O) groups is 5. The number of carbonyl (C=O) groups excluding carboxylic acids is 5. The number of methoxy groups -OCH3 is 1. The van der Waals surface area contributed by atoms with Crippen LogP contribution in [0.15, 0.2) is 5.11 Å². The molecule has 37 heteroatoms. The van der Waals surface area contributed by atoms with E-state index in [1.54, 1.807) is 27.7 Å². The van der Waals surface area contributed by atoms with E-state index in [0.29, 0.717) is 32.4 Å². The first kappa shape index (κ1) is 76.5. The van der Waals surface area contributed by atoms with Crippen molar-refractivity contribution in [1.29, 1.82) is 0 Å². The van der Waals surface area contributed by atoms with Crippen LogP contribution in [0.2, 0.25) is 0 Å². The van der Waals surface area contributed by atoms with Crippen molar-refractivity contribution in [1.82, 2.24) is 26.6 Å². The van der Waals surface area contributed by atoms with Crippen molar-refractivity contribution in [2.75, 3.05) is 159 Å². The number of azide groups is 1. The molecule has 0 aliphatic carbocycles. The van der Waals surface area contributed by atoms with Crippen molar-refractivity contribution in [3.05, 3.63) is 10.4 Å². The first-order valence-electron chi connectivity index (χ1n) is 30.4. The van der Waals surface area contributed by atoms with E-state index in [0.717, 1.165) is 0 Å². The summed E-state index contributed by atoms with van der Waals surface area (Å²) in [6.45, 7) is 8.80. The maximum Gasteiger partial charge on any atom is 0.471 e. The van der Waals surface area contributed by atoms with Gasteiger partial charge in [0.25, 0.3) is 0 Å². The number of fused-ring (bicyclic) bond motifs is 8. The summed E-state index contributed by atoms with van der Waals surface area (Å²) in [7, 11) is 1.52. The lowest BCUT2D eigenvalue weighted by molar-refractivity contribution is -0.220. The molecule has 6 saturated heterocycles. The van der Waals surface area contributed by atoms with Gasteiger partial charge in [-0.3, -0.25) is 24.0 Å².